The molecule has 0 aliphatic rings. The molecule has 0 fully saturated rings. The summed E-state index contributed by atoms with van der Waals surface area (Å²) < 4.78 is 28.1. The third kappa shape index (κ3) is 3.98. The van der Waals surface area contributed by atoms with Crippen molar-refractivity contribution in [3.8, 4) is 0 Å². The Morgan fingerprint density at radius 1 is 1.17 bits per heavy atom. The van der Waals surface area contributed by atoms with Crippen LogP contribution in [0.15, 0.2) is 30.3 Å². The Hall–Kier alpha value is -2.70. The van der Waals surface area contributed by atoms with E-state index in [2.05, 4.69) is 0 Å². The number of nitrogens with zero attached hydrogens (tertiary/aromatic N) is 2. The topological polar surface area (TPSA) is 62.5 Å². The summed E-state index contributed by atoms with van der Waals surface area (Å²) in [5.41, 5.74) is 1.67. The van der Waals surface area contributed by atoms with E-state index >= 15 is 0 Å². The smallest absolute Gasteiger partial charge is 0.305 e. The molecule has 128 valence electrons. The average Bonchev–Trinajstić information content (AvgIpc) is 2.86. The number of aryl methyl sites for hydroxylation is 1. The maximum Gasteiger partial charge on any atom is 0.305 e. The molecule has 1 heterocycles. The van der Waals surface area contributed by atoms with Crippen LogP contribution in [0.4, 0.5) is 8.78 Å². The summed E-state index contributed by atoms with van der Waals surface area (Å²) in [5.74, 6) is -3.38. The van der Waals surface area contributed by atoms with Gasteiger partial charge in [0.05, 0.1) is 6.42 Å². The highest BCUT2D eigenvalue weighted by atomic mass is 19.2. The summed E-state index contributed by atoms with van der Waals surface area (Å²) in [6.07, 6.45) is -0.237. The number of halogens is 2. The van der Waals surface area contributed by atoms with Crippen molar-refractivity contribution >= 4 is 11.9 Å². The first kappa shape index (κ1) is 17.7. The lowest BCUT2D eigenvalue weighted by Gasteiger charge is -2.22. The third-order valence-electron chi connectivity index (χ3n) is 3.83. The minimum Gasteiger partial charge on any atom is -0.481 e. The fourth-order valence-corrected chi connectivity index (χ4v) is 2.33. The molecule has 24 heavy (non-hydrogen) atoms. The number of benzene rings is 1. The minimum atomic E-state index is -1.04. The van der Waals surface area contributed by atoms with Gasteiger partial charge in [-0.2, -0.15) is 0 Å². The zero-order valence-electron chi connectivity index (χ0n) is 13.4. The molecule has 0 saturated carbocycles. The quantitative estimate of drug-likeness (QED) is 0.882. The first-order valence-corrected chi connectivity index (χ1v) is 7.37. The lowest BCUT2D eigenvalue weighted by Crippen LogP contribution is -2.33. The zero-order chi connectivity index (χ0) is 17.9. The van der Waals surface area contributed by atoms with Crippen molar-refractivity contribution in [2.45, 2.75) is 19.9 Å². The number of aromatic nitrogens is 1. The summed E-state index contributed by atoms with van der Waals surface area (Å²) >= 11 is 0. The second-order valence-electron chi connectivity index (χ2n) is 5.54. The molecule has 0 aliphatic heterocycles. The lowest BCUT2D eigenvalue weighted by atomic mass is 10.2. The van der Waals surface area contributed by atoms with Crippen LogP contribution >= 0.6 is 0 Å². The third-order valence-corrected chi connectivity index (χ3v) is 3.83. The first-order chi connectivity index (χ1) is 11.3. The highest BCUT2D eigenvalue weighted by Gasteiger charge is 2.20. The van der Waals surface area contributed by atoms with Gasteiger partial charge in [-0.3, -0.25) is 9.59 Å². The number of carbonyl (C=O) groups is 2. The molecule has 0 saturated heterocycles. The van der Waals surface area contributed by atoms with Gasteiger partial charge in [-0.05, 0) is 36.8 Å². The number of hydrogen-bond donors (Lipinski definition) is 1. The minimum absolute atomic E-state index is 0.00641. The molecular weight excluding hydrogens is 318 g/mol. The molecular formula is C17H18F2N2O3. The van der Waals surface area contributed by atoms with Gasteiger partial charge in [0.25, 0.3) is 5.91 Å². The van der Waals surface area contributed by atoms with E-state index in [4.69, 9.17) is 5.11 Å². The molecule has 2 rings (SSSR count). The molecule has 0 aliphatic carbocycles. The highest BCUT2D eigenvalue weighted by molar-refractivity contribution is 5.93. The van der Waals surface area contributed by atoms with Gasteiger partial charge in [0.2, 0.25) is 0 Å². The molecule has 0 bridgehead atoms. The summed E-state index contributed by atoms with van der Waals surface area (Å²) in [5, 5.41) is 8.87. The maximum atomic E-state index is 13.4. The summed E-state index contributed by atoms with van der Waals surface area (Å²) in [7, 11) is 1.73. The Bertz CT molecular complexity index is 771. The molecule has 0 spiro atoms. The number of carboxylic acid groups (broad SMARTS) is 1. The van der Waals surface area contributed by atoms with Crippen molar-refractivity contribution in [2.75, 3.05) is 6.54 Å². The van der Waals surface area contributed by atoms with Crippen LogP contribution in [0.3, 0.4) is 0 Å². The predicted octanol–water partition coefficient (Wildman–Crippen LogP) is 2.73. The van der Waals surface area contributed by atoms with Gasteiger partial charge < -0.3 is 14.6 Å². The average molecular weight is 336 g/mol. The van der Waals surface area contributed by atoms with Crippen LogP contribution in [0.1, 0.15) is 28.2 Å². The number of rotatable bonds is 6. The van der Waals surface area contributed by atoms with Gasteiger partial charge in [-0.25, -0.2) is 8.78 Å². The standard InChI is InChI=1S/C17H18F2N2O3/c1-11-3-6-15(20(11)2)17(24)21(8-7-16(22)23)10-12-4-5-13(18)14(19)9-12/h3-6,9H,7-8,10H2,1-2H3,(H,22,23). The molecule has 0 atom stereocenters. The second-order valence-corrected chi connectivity index (χ2v) is 5.54. The first-order valence-electron chi connectivity index (χ1n) is 7.37. The van der Waals surface area contributed by atoms with Gasteiger partial charge >= 0.3 is 5.97 Å². The van der Waals surface area contributed by atoms with Crippen molar-refractivity contribution in [1.29, 1.82) is 0 Å². The molecule has 2 aromatic rings. The van der Waals surface area contributed by atoms with Crippen LogP contribution < -0.4 is 0 Å². The van der Waals surface area contributed by atoms with E-state index in [1.807, 2.05) is 6.92 Å². The SMILES string of the molecule is Cc1ccc(C(=O)N(CCC(=O)O)Cc2ccc(F)c(F)c2)n1C. The van der Waals surface area contributed by atoms with E-state index in [9.17, 15) is 18.4 Å². The Morgan fingerprint density at radius 3 is 2.42 bits per heavy atom. The molecule has 1 aromatic heterocycles. The van der Waals surface area contributed by atoms with E-state index < -0.39 is 17.6 Å². The number of carbonyl (C=O) groups excluding carboxylic acids is 1. The van der Waals surface area contributed by atoms with Gasteiger partial charge in [0.15, 0.2) is 11.6 Å². The fraction of sp³-hybridized carbons (Fsp3) is 0.294. The number of aliphatic carboxylic acids is 1. The number of carboxylic acids is 1. The summed E-state index contributed by atoms with van der Waals surface area (Å²) in [4.78, 5) is 24.8. The molecule has 1 aromatic carbocycles. The van der Waals surface area contributed by atoms with Crippen molar-refractivity contribution in [3.63, 3.8) is 0 Å². The Kier molecular flexibility index (Phi) is 5.33. The molecule has 0 radical (unpaired) electrons. The molecule has 5 nitrogen and oxygen atoms in total. The molecule has 7 heteroatoms. The summed E-state index contributed by atoms with van der Waals surface area (Å²) in [6.45, 7) is 1.80. The Morgan fingerprint density at radius 2 is 1.88 bits per heavy atom. The molecule has 1 amide bonds. The second kappa shape index (κ2) is 7.25. The summed E-state index contributed by atoms with van der Waals surface area (Å²) in [6, 6.07) is 6.79. The van der Waals surface area contributed by atoms with Crippen LogP contribution in [-0.2, 0) is 18.4 Å². The number of hydrogen-bond acceptors (Lipinski definition) is 2. The normalized spacial score (nSPS) is 10.7. The van der Waals surface area contributed by atoms with Crippen molar-refractivity contribution in [1.82, 2.24) is 9.47 Å². The van der Waals surface area contributed by atoms with Gasteiger partial charge in [0, 0.05) is 25.8 Å². The van der Waals surface area contributed by atoms with Crippen molar-refractivity contribution < 1.29 is 23.5 Å². The largest absolute Gasteiger partial charge is 0.481 e. The zero-order valence-corrected chi connectivity index (χ0v) is 13.4. The Balaban J connectivity index is 2.26. The van der Waals surface area contributed by atoms with Crippen LogP contribution in [0.25, 0.3) is 0 Å². The highest BCUT2D eigenvalue weighted by Crippen LogP contribution is 2.15. The van der Waals surface area contributed by atoms with Gasteiger partial charge in [0.1, 0.15) is 5.69 Å². The van der Waals surface area contributed by atoms with Crippen LogP contribution in [0, 0.1) is 18.6 Å². The van der Waals surface area contributed by atoms with Gasteiger partial charge in [-0.15, -0.1) is 0 Å². The van der Waals surface area contributed by atoms with Gasteiger partial charge in [-0.1, -0.05) is 6.07 Å². The van der Waals surface area contributed by atoms with E-state index in [1.165, 1.54) is 11.0 Å². The molecule has 0 unspecified atom stereocenters. The monoisotopic (exact) mass is 336 g/mol. The van der Waals surface area contributed by atoms with Crippen molar-refractivity contribution in [2.24, 2.45) is 7.05 Å². The van der Waals surface area contributed by atoms with Crippen molar-refractivity contribution in [3.05, 3.63) is 58.9 Å². The number of amides is 1. The maximum absolute atomic E-state index is 13.4. The van der Waals surface area contributed by atoms with E-state index in [0.29, 0.717) is 11.3 Å². The van der Waals surface area contributed by atoms with Crippen LogP contribution in [0.2, 0.25) is 0 Å². The fourth-order valence-electron chi connectivity index (χ4n) is 2.33. The lowest BCUT2D eigenvalue weighted by molar-refractivity contribution is -0.137. The molecule has 1 N–H and O–H groups in total. The van der Waals surface area contributed by atoms with Crippen LogP contribution in [-0.4, -0.2) is 33.0 Å². The van der Waals surface area contributed by atoms with E-state index in [-0.39, 0.29) is 25.4 Å². The Labute approximate surface area is 138 Å². The van der Waals surface area contributed by atoms with Crippen LogP contribution in [0.5, 0.6) is 0 Å². The van der Waals surface area contributed by atoms with E-state index in [0.717, 1.165) is 17.8 Å². The predicted molar refractivity (Wildman–Crippen MR) is 83.5 cm³/mol. The van der Waals surface area contributed by atoms with E-state index in [1.54, 1.807) is 23.7 Å².